The van der Waals surface area contributed by atoms with Gasteiger partial charge in [0.15, 0.2) is 0 Å². The van der Waals surface area contributed by atoms with E-state index in [2.05, 4.69) is 0 Å². The number of hydrogen-bond donors (Lipinski definition) is 5. The summed E-state index contributed by atoms with van der Waals surface area (Å²) in [5.41, 5.74) is 5.24. The Bertz CT molecular complexity index is 150. The second-order valence-corrected chi connectivity index (χ2v) is 2.79. The number of aliphatic hydroxyl groups excluding tert-OH is 4. The predicted octanol–water partition coefficient (Wildman–Crippen LogP) is -3.25. The average Bonchev–Trinajstić information content (AvgIpc) is 2.08. The highest BCUT2D eigenvalue weighted by molar-refractivity contribution is 4.89. The van der Waals surface area contributed by atoms with Gasteiger partial charge in [-0.05, 0) is 0 Å². The molecule has 0 aromatic rings. The van der Waals surface area contributed by atoms with Crippen molar-refractivity contribution >= 4 is 0 Å². The third kappa shape index (κ3) is 1.58. The number of hydrogen-bond acceptors (Lipinski definition) is 6. The fourth-order valence-electron chi connectivity index (χ4n) is 1.13. The number of aliphatic hydroxyl groups is 4. The monoisotopic (exact) mass is 179 g/mol. The van der Waals surface area contributed by atoms with Crippen LogP contribution in [0.4, 0.5) is 0 Å². The van der Waals surface area contributed by atoms with Crippen molar-refractivity contribution in [3.8, 4) is 0 Å². The molecular weight excluding hydrogens is 166 g/mol. The van der Waals surface area contributed by atoms with Gasteiger partial charge in [-0.15, -0.1) is 0 Å². The fraction of sp³-hybridized carbons (Fsp3) is 1.00. The molecule has 0 bridgehead atoms. The van der Waals surface area contributed by atoms with Crippen LogP contribution in [0.15, 0.2) is 0 Å². The smallest absolute Gasteiger partial charge is 0.135 e. The molecule has 0 aromatic heterocycles. The van der Waals surface area contributed by atoms with Crippen LogP contribution in [0, 0.1) is 0 Å². The van der Waals surface area contributed by atoms with E-state index in [1.54, 1.807) is 0 Å². The fourth-order valence-corrected chi connectivity index (χ4v) is 1.13. The van der Waals surface area contributed by atoms with E-state index in [0.717, 1.165) is 0 Å². The van der Waals surface area contributed by atoms with Crippen molar-refractivity contribution in [3.05, 3.63) is 0 Å². The molecule has 1 aliphatic rings. The number of nitrogens with two attached hydrogens (primary N) is 1. The van der Waals surface area contributed by atoms with Crippen molar-refractivity contribution in [2.45, 2.75) is 30.6 Å². The molecular formula is C6H13NO5. The van der Waals surface area contributed by atoms with Gasteiger partial charge in [-0.3, -0.25) is 0 Å². The average molecular weight is 179 g/mol. The van der Waals surface area contributed by atoms with E-state index in [1.807, 2.05) is 0 Å². The summed E-state index contributed by atoms with van der Waals surface area (Å²) in [5.74, 6) is 0. The first kappa shape index (κ1) is 9.85. The van der Waals surface area contributed by atoms with Gasteiger partial charge in [0.1, 0.15) is 30.6 Å². The normalized spacial score (nSPS) is 49.2. The van der Waals surface area contributed by atoms with Gasteiger partial charge in [0.25, 0.3) is 0 Å². The Kier molecular flexibility index (Phi) is 2.99. The van der Waals surface area contributed by atoms with E-state index in [-0.39, 0.29) is 0 Å². The largest absolute Gasteiger partial charge is 0.394 e. The second kappa shape index (κ2) is 3.65. The highest BCUT2D eigenvalue weighted by Crippen LogP contribution is 2.17. The molecule has 1 unspecified atom stereocenters. The van der Waals surface area contributed by atoms with Crippen LogP contribution in [-0.2, 0) is 4.74 Å². The second-order valence-electron chi connectivity index (χ2n) is 2.79. The summed E-state index contributed by atoms with van der Waals surface area (Å²) in [4.78, 5) is 0. The summed E-state index contributed by atoms with van der Waals surface area (Å²) in [6, 6.07) is 0. The molecule has 1 fully saturated rings. The van der Waals surface area contributed by atoms with Gasteiger partial charge in [-0.1, -0.05) is 0 Å². The minimum atomic E-state index is -1.37. The van der Waals surface area contributed by atoms with Crippen molar-refractivity contribution < 1.29 is 25.2 Å². The highest BCUT2D eigenvalue weighted by Gasteiger charge is 2.41. The lowest BCUT2D eigenvalue weighted by molar-refractivity contribution is -0.227. The summed E-state index contributed by atoms with van der Waals surface area (Å²) < 4.78 is 4.80. The lowest BCUT2D eigenvalue weighted by Gasteiger charge is -2.38. The van der Waals surface area contributed by atoms with Crippen LogP contribution in [0.25, 0.3) is 0 Å². The van der Waals surface area contributed by atoms with Crippen LogP contribution >= 0.6 is 0 Å². The first-order chi connectivity index (χ1) is 5.57. The molecule has 0 amide bonds. The molecule has 1 heterocycles. The summed E-state index contributed by atoms with van der Waals surface area (Å²) in [6.45, 7) is -0.446. The van der Waals surface area contributed by atoms with Crippen molar-refractivity contribution in [1.82, 2.24) is 0 Å². The molecule has 0 aromatic carbocycles. The Morgan fingerprint density at radius 2 is 1.67 bits per heavy atom. The molecule has 6 N–H and O–H groups in total. The van der Waals surface area contributed by atoms with Gasteiger partial charge in [-0.25, -0.2) is 0 Å². The van der Waals surface area contributed by atoms with Crippen LogP contribution in [0.1, 0.15) is 0 Å². The molecule has 0 radical (unpaired) electrons. The number of rotatable bonds is 1. The summed E-state index contributed by atoms with van der Waals surface area (Å²) in [6.07, 6.45) is -5.99. The third-order valence-electron chi connectivity index (χ3n) is 1.93. The van der Waals surface area contributed by atoms with Crippen LogP contribution < -0.4 is 5.73 Å². The molecule has 0 aliphatic carbocycles. The van der Waals surface area contributed by atoms with Crippen LogP contribution in [0.2, 0.25) is 0 Å². The lowest BCUT2D eigenvalue weighted by atomic mass is 9.99. The van der Waals surface area contributed by atoms with E-state index in [1.165, 1.54) is 0 Å². The van der Waals surface area contributed by atoms with Gasteiger partial charge in [0.2, 0.25) is 0 Å². The molecule has 72 valence electrons. The summed E-state index contributed by atoms with van der Waals surface area (Å²) in [5, 5.41) is 36.1. The Hall–Kier alpha value is -0.240. The van der Waals surface area contributed by atoms with Crippen LogP contribution in [0.3, 0.4) is 0 Å². The van der Waals surface area contributed by atoms with E-state index in [0.29, 0.717) is 0 Å². The molecule has 12 heavy (non-hydrogen) atoms. The third-order valence-corrected chi connectivity index (χ3v) is 1.93. The molecule has 0 saturated carbocycles. The Labute approximate surface area is 69.2 Å². The Morgan fingerprint density at radius 3 is 2.17 bits per heavy atom. The standard InChI is InChI=1S/C6H13NO5/c7-6-5(11)4(10)3(9)2(1-8)12-6/h2-6,8-11H,1,7H2/t2-,3-,4-,5-,6?/m1/s1. The molecule has 1 rings (SSSR count). The first-order valence-electron chi connectivity index (χ1n) is 3.64. The van der Waals surface area contributed by atoms with Crippen LogP contribution in [-0.4, -0.2) is 57.7 Å². The molecule has 6 nitrogen and oxygen atoms in total. The zero-order valence-electron chi connectivity index (χ0n) is 6.37. The van der Waals surface area contributed by atoms with Gasteiger partial charge < -0.3 is 30.9 Å². The van der Waals surface area contributed by atoms with Crippen LogP contribution in [0.5, 0.6) is 0 Å². The molecule has 6 heteroatoms. The summed E-state index contributed by atoms with van der Waals surface area (Å²) in [7, 11) is 0. The molecule has 1 saturated heterocycles. The summed E-state index contributed by atoms with van der Waals surface area (Å²) >= 11 is 0. The number of ether oxygens (including phenoxy) is 1. The molecule has 1 aliphatic heterocycles. The van der Waals surface area contributed by atoms with Crippen molar-refractivity contribution in [2.75, 3.05) is 6.61 Å². The van der Waals surface area contributed by atoms with Gasteiger partial charge in [0.05, 0.1) is 6.61 Å². The first-order valence-corrected chi connectivity index (χ1v) is 3.64. The topological polar surface area (TPSA) is 116 Å². The maximum atomic E-state index is 9.18. The Morgan fingerprint density at radius 1 is 1.08 bits per heavy atom. The quantitative estimate of drug-likeness (QED) is 0.288. The minimum Gasteiger partial charge on any atom is -0.394 e. The zero-order valence-corrected chi connectivity index (χ0v) is 6.37. The van der Waals surface area contributed by atoms with Gasteiger partial charge in [0, 0.05) is 0 Å². The maximum absolute atomic E-state index is 9.18. The predicted molar refractivity (Wildman–Crippen MR) is 38.0 cm³/mol. The van der Waals surface area contributed by atoms with E-state index >= 15 is 0 Å². The Balaban J connectivity index is 2.63. The zero-order chi connectivity index (χ0) is 9.30. The SMILES string of the molecule is NC1O[C@H](CO)[C@@H](O)[C@@H](O)[C@H]1O. The highest BCUT2D eigenvalue weighted by atomic mass is 16.6. The van der Waals surface area contributed by atoms with Crippen molar-refractivity contribution in [3.63, 3.8) is 0 Å². The van der Waals surface area contributed by atoms with Crippen molar-refractivity contribution in [2.24, 2.45) is 5.73 Å². The van der Waals surface area contributed by atoms with Gasteiger partial charge >= 0.3 is 0 Å². The van der Waals surface area contributed by atoms with E-state index in [4.69, 9.17) is 25.8 Å². The minimum absolute atomic E-state index is 0.446. The van der Waals surface area contributed by atoms with Gasteiger partial charge in [-0.2, -0.15) is 0 Å². The maximum Gasteiger partial charge on any atom is 0.135 e. The molecule has 5 atom stereocenters. The van der Waals surface area contributed by atoms with Crippen molar-refractivity contribution in [1.29, 1.82) is 0 Å². The molecule has 0 spiro atoms. The lowest BCUT2D eigenvalue weighted by Crippen LogP contribution is -2.61. The van der Waals surface area contributed by atoms with E-state index < -0.39 is 37.3 Å². The van der Waals surface area contributed by atoms with E-state index in [9.17, 15) is 5.11 Å².